The Morgan fingerprint density at radius 2 is 2.03 bits per heavy atom. The Kier molecular flexibility index (Phi) is 4.16. The third-order valence-corrected chi connectivity index (χ3v) is 5.48. The molecule has 30 heavy (non-hydrogen) atoms. The maximum absolute atomic E-state index is 13.9. The normalized spacial score (nSPS) is 22.2. The summed E-state index contributed by atoms with van der Waals surface area (Å²) in [5.74, 6) is 0.277. The van der Waals surface area contributed by atoms with Gasteiger partial charge >= 0.3 is 0 Å². The van der Waals surface area contributed by atoms with Crippen LogP contribution in [0.15, 0.2) is 36.8 Å². The van der Waals surface area contributed by atoms with Crippen LogP contribution >= 0.6 is 0 Å². The van der Waals surface area contributed by atoms with Gasteiger partial charge in [-0.25, -0.2) is 18.3 Å². The minimum absolute atomic E-state index is 0.0789. The zero-order valence-corrected chi connectivity index (χ0v) is 16.6. The van der Waals surface area contributed by atoms with E-state index in [4.69, 9.17) is 4.74 Å². The van der Waals surface area contributed by atoms with Crippen molar-refractivity contribution in [3.8, 4) is 5.75 Å². The third-order valence-electron chi connectivity index (χ3n) is 5.48. The number of fused-ring (bicyclic) bond motifs is 2. The van der Waals surface area contributed by atoms with Crippen LogP contribution in [0.25, 0.3) is 5.65 Å². The Morgan fingerprint density at radius 1 is 1.27 bits per heavy atom. The lowest BCUT2D eigenvalue weighted by atomic mass is 10.0. The minimum atomic E-state index is -1.57. The standard InChI is InChI=1S/C21H21F2N5O2/c1-21(2)8-12-6-16(17(7-18(12)30-21)27-10-14(22)15(23)11-27)26-20(29)13-9-25-28-5-3-4-24-19(13)28/h3-7,9,14-15H,8,10-11H2,1-2H3,(H,26,29)/t14-,15+. The van der Waals surface area contributed by atoms with Crippen LogP contribution in [0.5, 0.6) is 5.75 Å². The molecule has 156 valence electrons. The van der Waals surface area contributed by atoms with Crippen LogP contribution in [0.1, 0.15) is 29.8 Å². The lowest BCUT2D eigenvalue weighted by Crippen LogP contribution is -2.24. The molecule has 2 aliphatic rings. The number of amides is 1. The molecule has 4 heterocycles. The van der Waals surface area contributed by atoms with Crippen molar-refractivity contribution < 1.29 is 18.3 Å². The van der Waals surface area contributed by atoms with E-state index < -0.39 is 18.3 Å². The number of carbonyl (C=O) groups is 1. The summed E-state index contributed by atoms with van der Waals surface area (Å²) >= 11 is 0. The Bertz CT molecular complexity index is 1140. The average Bonchev–Trinajstić information content (AvgIpc) is 3.35. The number of aromatic nitrogens is 3. The summed E-state index contributed by atoms with van der Waals surface area (Å²) in [6.45, 7) is 3.79. The number of halogens is 2. The summed E-state index contributed by atoms with van der Waals surface area (Å²) in [7, 11) is 0. The molecule has 9 heteroatoms. The molecule has 0 saturated carbocycles. The van der Waals surface area contributed by atoms with E-state index >= 15 is 0 Å². The fraction of sp³-hybridized carbons (Fsp3) is 0.381. The molecule has 0 unspecified atom stereocenters. The Hall–Kier alpha value is -3.23. The van der Waals surface area contributed by atoms with Gasteiger partial charge in [0.05, 0.1) is 30.7 Å². The summed E-state index contributed by atoms with van der Waals surface area (Å²) in [5, 5.41) is 7.04. The number of hydrogen-bond donors (Lipinski definition) is 1. The summed E-state index contributed by atoms with van der Waals surface area (Å²) in [4.78, 5) is 18.8. The van der Waals surface area contributed by atoms with E-state index in [1.165, 1.54) is 10.7 Å². The first kappa shape index (κ1) is 18.8. The van der Waals surface area contributed by atoms with Crippen LogP contribution < -0.4 is 15.0 Å². The minimum Gasteiger partial charge on any atom is -0.487 e. The van der Waals surface area contributed by atoms with Gasteiger partial charge in [0.2, 0.25) is 0 Å². The fourth-order valence-corrected chi connectivity index (χ4v) is 4.10. The van der Waals surface area contributed by atoms with Gasteiger partial charge in [0.15, 0.2) is 18.0 Å². The summed E-state index contributed by atoms with van der Waals surface area (Å²) in [5.41, 5.74) is 2.31. The number of rotatable bonds is 3. The van der Waals surface area contributed by atoms with Crippen molar-refractivity contribution in [2.45, 2.75) is 38.2 Å². The molecule has 2 atom stereocenters. The molecule has 1 amide bonds. The maximum Gasteiger partial charge on any atom is 0.261 e. The summed E-state index contributed by atoms with van der Waals surface area (Å²) < 4.78 is 35.3. The van der Waals surface area contributed by atoms with Gasteiger partial charge in [0.1, 0.15) is 16.9 Å². The number of hydrogen-bond acceptors (Lipinski definition) is 5. The molecule has 5 rings (SSSR count). The van der Waals surface area contributed by atoms with Crippen LogP contribution in [0, 0.1) is 0 Å². The van der Waals surface area contributed by atoms with Crippen molar-refractivity contribution >= 4 is 22.9 Å². The van der Waals surface area contributed by atoms with E-state index in [2.05, 4.69) is 15.4 Å². The SMILES string of the molecule is CC1(C)Cc2cc(NC(=O)c3cnn4cccnc34)c(N3C[C@@H](F)[C@@H](F)C3)cc2O1. The van der Waals surface area contributed by atoms with Crippen molar-refractivity contribution in [1.29, 1.82) is 0 Å². The number of nitrogens with one attached hydrogen (secondary N) is 1. The third kappa shape index (κ3) is 3.14. The number of ether oxygens (including phenoxy) is 1. The lowest BCUT2D eigenvalue weighted by Gasteiger charge is -2.22. The molecule has 0 radical (unpaired) electrons. The molecule has 2 aromatic heterocycles. The molecule has 3 aromatic rings. The molecule has 0 spiro atoms. The first-order valence-electron chi connectivity index (χ1n) is 9.79. The molecule has 1 fully saturated rings. The highest BCUT2D eigenvalue weighted by atomic mass is 19.2. The summed E-state index contributed by atoms with van der Waals surface area (Å²) in [6, 6.07) is 5.31. The molecular weight excluding hydrogens is 392 g/mol. The maximum atomic E-state index is 13.9. The second-order valence-electron chi connectivity index (χ2n) is 8.35. The zero-order valence-electron chi connectivity index (χ0n) is 16.6. The number of alkyl halides is 2. The van der Waals surface area contributed by atoms with Gasteiger partial charge in [0.25, 0.3) is 5.91 Å². The molecule has 1 N–H and O–H groups in total. The molecule has 0 bridgehead atoms. The second kappa shape index (κ2) is 6.65. The largest absolute Gasteiger partial charge is 0.487 e. The topological polar surface area (TPSA) is 71.8 Å². The van der Waals surface area contributed by atoms with Crippen molar-refractivity contribution in [3.05, 3.63) is 47.9 Å². The molecule has 2 aliphatic heterocycles. The smallest absolute Gasteiger partial charge is 0.261 e. The van der Waals surface area contributed by atoms with Crippen LogP contribution in [0.3, 0.4) is 0 Å². The van der Waals surface area contributed by atoms with E-state index in [9.17, 15) is 13.6 Å². The van der Waals surface area contributed by atoms with Crippen LogP contribution in [-0.2, 0) is 6.42 Å². The van der Waals surface area contributed by atoms with Crippen LogP contribution in [0.2, 0.25) is 0 Å². The van der Waals surface area contributed by atoms with E-state index in [0.717, 1.165) is 5.56 Å². The van der Waals surface area contributed by atoms with Gasteiger partial charge in [0, 0.05) is 30.4 Å². The quantitative estimate of drug-likeness (QED) is 0.714. The van der Waals surface area contributed by atoms with E-state index in [0.29, 0.717) is 34.8 Å². The fourth-order valence-electron chi connectivity index (χ4n) is 4.10. The van der Waals surface area contributed by atoms with Crippen molar-refractivity contribution in [2.24, 2.45) is 0 Å². The molecule has 0 aliphatic carbocycles. The predicted octanol–water partition coefficient (Wildman–Crippen LogP) is 3.19. The predicted molar refractivity (Wildman–Crippen MR) is 108 cm³/mol. The molecule has 7 nitrogen and oxygen atoms in total. The number of benzene rings is 1. The first-order chi connectivity index (χ1) is 14.3. The van der Waals surface area contributed by atoms with Gasteiger partial charge in [-0.1, -0.05) is 0 Å². The zero-order chi connectivity index (χ0) is 21.0. The number of anilines is 2. The first-order valence-corrected chi connectivity index (χ1v) is 9.79. The highest BCUT2D eigenvalue weighted by Gasteiger charge is 2.37. The van der Waals surface area contributed by atoms with Gasteiger partial charge < -0.3 is 15.0 Å². The van der Waals surface area contributed by atoms with Crippen molar-refractivity contribution in [3.63, 3.8) is 0 Å². The highest BCUT2D eigenvalue weighted by Crippen LogP contribution is 2.42. The van der Waals surface area contributed by atoms with Gasteiger partial charge in [-0.15, -0.1) is 0 Å². The second-order valence-corrected chi connectivity index (χ2v) is 8.35. The monoisotopic (exact) mass is 413 g/mol. The Balaban J connectivity index is 1.53. The molecular formula is C21H21F2N5O2. The van der Waals surface area contributed by atoms with Gasteiger partial charge in [-0.3, -0.25) is 4.79 Å². The summed E-state index contributed by atoms with van der Waals surface area (Å²) in [6.07, 6.45) is 2.27. The number of nitrogens with zero attached hydrogens (tertiary/aromatic N) is 4. The molecule has 1 saturated heterocycles. The van der Waals surface area contributed by atoms with Crippen molar-refractivity contribution in [1.82, 2.24) is 14.6 Å². The Morgan fingerprint density at radius 3 is 2.80 bits per heavy atom. The Labute approximate surface area is 171 Å². The lowest BCUT2D eigenvalue weighted by molar-refractivity contribution is 0.102. The van der Waals surface area contributed by atoms with E-state index in [1.54, 1.807) is 29.4 Å². The van der Waals surface area contributed by atoms with E-state index in [-0.39, 0.29) is 18.7 Å². The van der Waals surface area contributed by atoms with Crippen LogP contribution in [-0.4, -0.2) is 51.5 Å². The van der Waals surface area contributed by atoms with Gasteiger partial charge in [-0.05, 0) is 26.0 Å². The average molecular weight is 413 g/mol. The highest BCUT2D eigenvalue weighted by molar-refractivity contribution is 6.09. The van der Waals surface area contributed by atoms with E-state index in [1.807, 2.05) is 19.9 Å². The molecule has 1 aromatic carbocycles. The van der Waals surface area contributed by atoms with Gasteiger partial charge in [-0.2, -0.15) is 5.10 Å². The number of carbonyl (C=O) groups excluding carboxylic acids is 1. The van der Waals surface area contributed by atoms with Crippen LogP contribution in [0.4, 0.5) is 20.2 Å². The van der Waals surface area contributed by atoms with Crippen molar-refractivity contribution in [2.75, 3.05) is 23.3 Å².